The van der Waals surface area contributed by atoms with Gasteiger partial charge in [-0.2, -0.15) is 0 Å². The highest BCUT2D eigenvalue weighted by atomic mass is 16.5. The summed E-state index contributed by atoms with van der Waals surface area (Å²) >= 11 is 0. The first-order chi connectivity index (χ1) is 11.2. The molecule has 1 heterocycles. The maximum Gasteiger partial charge on any atom is 0.159 e. The summed E-state index contributed by atoms with van der Waals surface area (Å²) in [5, 5.41) is 3.82. The number of aryl methyl sites for hydroxylation is 1. The van der Waals surface area contributed by atoms with Crippen molar-refractivity contribution in [1.29, 1.82) is 0 Å². The van der Waals surface area contributed by atoms with Crippen molar-refractivity contribution in [3.63, 3.8) is 0 Å². The van der Waals surface area contributed by atoms with E-state index in [4.69, 9.17) is 4.52 Å². The second-order valence-electron chi connectivity index (χ2n) is 8.42. The van der Waals surface area contributed by atoms with Crippen LogP contribution in [0.2, 0.25) is 0 Å². The minimum atomic E-state index is 0.235. The molecule has 24 heavy (non-hydrogen) atoms. The first-order valence-electron chi connectivity index (χ1n) is 9.02. The molecule has 0 N–H and O–H groups in total. The SMILES string of the molecule is CCC(=Cc1ccno1)c1cc2c(cc1C)C(C)(C)CCC2(C)C. The van der Waals surface area contributed by atoms with Gasteiger partial charge in [0.15, 0.2) is 5.76 Å². The summed E-state index contributed by atoms with van der Waals surface area (Å²) in [5.74, 6) is 0.823. The summed E-state index contributed by atoms with van der Waals surface area (Å²) in [5.41, 5.74) is 7.54. The Kier molecular flexibility index (Phi) is 4.19. The average Bonchev–Trinajstić information content (AvgIpc) is 3.03. The largest absolute Gasteiger partial charge is 0.357 e. The van der Waals surface area contributed by atoms with Crippen LogP contribution in [0, 0.1) is 6.92 Å². The molecular weight excluding hydrogens is 294 g/mol. The number of aromatic nitrogens is 1. The maximum absolute atomic E-state index is 5.29. The third-order valence-electron chi connectivity index (χ3n) is 5.70. The fourth-order valence-electron chi connectivity index (χ4n) is 3.91. The molecule has 2 heteroatoms. The number of benzene rings is 1. The highest BCUT2D eigenvalue weighted by Crippen LogP contribution is 2.47. The van der Waals surface area contributed by atoms with Gasteiger partial charge in [0.2, 0.25) is 0 Å². The van der Waals surface area contributed by atoms with Crippen LogP contribution in [0.5, 0.6) is 0 Å². The van der Waals surface area contributed by atoms with Crippen LogP contribution in [0.25, 0.3) is 11.6 Å². The molecule has 0 saturated carbocycles. The van der Waals surface area contributed by atoms with E-state index in [0.29, 0.717) is 0 Å². The summed E-state index contributed by atoms with van der Waals surface area (Å²) in [6.45, 7) is 14.0. The van der Waals surface area contributed by atoms with Gasteiger partial charge in [-0.05, 0) is 70.9 Å². The quantitative estimate of drug-likeness (QED) is 0.664. The zero-order valence-electron chi connectivity index (χ0n) is 15.9. The standard InChI is InChI=1S/C22H29NO/c1-7-16(13-17-8-11-23-24-17)18-14-20-19(12-15(18)2)21(3,4)9-10-22(20,5)6/h8,11-14H,7,9-10H2,1-6H3. The van der Waals surface area contributed by atoms with Gasteiger partial charge in [-0.1, -0.05) is 51.9 Å². The first kappa shape index (κ1) is 17.0. The molecule has 0 radical (unpaired) electrons. The lowest BCUT2D eigenvalue weighted by atomic mass is 9.62. The number of rotatable bonds is 3. The molecule has 0 bridgehead atoms. The van der Waals surface area contributed by atoms with Crippen LogP contribution in [-0.2, 0) is 10.8 Å². The van der Waals surface area contributed by atoms with Gasteiger partial charge in [0.05, 0.1) is 6.20 Å². The van der Waals surface area contributed by atoms with E-state index in [2.05, 4.69) is 64.9 Å². The Morgan fingerprint density at radius 1 is 1.12 bits per heavy atom. The third-order valence-corrected chi connectivity index (χ3v) is 5.70. The minimum Gasteiger partial charge on any atom is -0.357 e. The van der Waals surface area contributed by atoms with Crippen LogP contribution in [0.15, 0.2) is 28.9 Å². The lowest BCUT2D eigenvalue weighted by Gasteiger charge is -2.42. The van der Waals surface area contributed by atoms with Crippen LogP contribution < -0.4 is 0 Å². The molecule has 2 nitrogen and oxygen atoms in total. The predicted molar refractivity (Wildman–Crippen MR) is 101 cm³/mol. The highest BCUT2D eigenvalue weighted by molar-refractivity contribution is 5.82. The summed E-state index contributed by atoms with van der Waals surface area (Å²) in [6, 6.07) is 6.78. The van der Waals surface area contributed by atoms with Crippen LogP contribution in [0.4, 0.5) is 0 Å². The van der Waals surface area contributed by atoms with Gasteiger partial charge in [-0.15, -0.1) is 0 Å². The molecule has 1 aliphatic carbocycles. The number of allylic oxidation sites excluding steroid dienone is 1. The predicted octanol–water partition coefficient (Wildman–Crippen LogP) is 6.28. The number of hydrogen-bond acceptors (Lipinski definition) is 2. The smallest absolute Gasteiger partial charge is 0.159 e. The third kappa shape index (κ3) is 2.94. The fraction of sp³-hybridized carbons (Fsp3) is 0.500. The maximum atomic E-state index is 5.29. The topological polar surface area (TPSA) is 26.0 Å². The van der Waals surface area contributed by atoms with Crippen molar-refractivity contribution in [1.82, 2.24) is 5.16 Å². The first-order valence-corrected chi connectivity index (χ1v) is 9.02. The Bertz CT molecular complexity index is 764. The van der Waals surface area contributed by atoms with E-state index in [1.54, 1.807) is 6.20 Å². The van der Waals surface area contributed by atoms with E-state index in [0.717, 1.165) is 12.2 Å². The van der Waals surface area contributed by atoms with Crippen molar-refractivity contribution in [2.24, 2.45) is 0 Å². The van der Waals surface area contributed by atoms with E-state index in [1.165, 1.54) is 40.7 Å². The van der Waals surface area contributed by atoms with Crippen molar-refractivity contribution < 1.29 is 4.52 Å². The van der Waals surface area contributed by atoms with Crippen LogP contribution >= 0.6 is 0 Å². The average molecular weight is 323 g/mol. The zero-order chi connectivity index (χ0) is 17.5. The Hall–Kier alpha value is -1.83. The minimum absolute atomic E-state index is 0.235. The van der Waals surface area contributed by atoms with E-state index >= 15 is 0 Å². The molecule has 0 aliphatic heterocycles. The summed E-state index contributed by atoms with van der Waals surface area (Å²) < 4.78 is 5.29. The summed E-state index contributed by atoms with van der Waals surface area (Å²) in [4.78, 5) is 0. The molecule has 1 aliphatic rings. The summed E-state index contributed by atoms with van der Waals surface area (Å²) in [6.07, 6.45) is 7.29. The summed E-state index contributed by atoms with van der Waals surface area (Å²) in [7, 11) is 0. The van der Waals surface area contributed by atoms with E-state index in [9.17, 15) is 0 Å². The Morgan fingerprint density at radius 3 is 2.29 bits per heavy atom. The molecule has 0 saturated heterocycles. The molecule has 2 aromatic rings. The Labute approximate surface area is 146 Å². The fourth-order valence-corrected chi connectivity index (χ4v) is 3.91. The molecule has 1 aromatic carbocycles. The monoisotopic (exact) mass is 323 g/mol. The molecular formula is C22H29NO. The molecule has 1 aromatic heterocycles. The Morgan fingerprint density at radius 2 is 1.75 bits per heavy atom. The van der Waals surface area contributed by atoms with Gasteiger partial charge in [-0.25, -0.2) is 0 Å². The van der Waals surface area contributed by atoms with E-state index in [1.807, 2.05) is 6.07 Å². The highest BCUT2D eigenvalue weighted by Gasteiger charge is 2.37. The second-order valence-corrected chi connectivity index (χ2v) is 8.42. The van der Waals surface area contributed by atoms with Crippen molar-refractivity contribution >= 4 is 11.6 Å². The number of nitrogens with zero attached hydrogens (tertiary/aromatic N) is 1. The van der Waals surface area contributed by atoms with Crippen molar-refractivity contribution in [2.75, 3.05) is 0 Å². The number of fused-ring (bicyclic) bond motifs is 1. The molecule has 0 atom stereocenters. The normalized spacial score (nSPS) is 19.2. The molecule has 0 spiro atoms. The van der Waals surface area contributed by atoms with Crippen molar-refractivity contribution in [3.8, 4) is 0 Å². The lowest BCUT2D eigenvalue weighted by molar-refractivity contribution is 0.331. The molecule has 0 fully saturated rings. The van der Waals surface area contributed by atoms with Gasteiger partial charge in [0, 0.05) is 6.07 Å². The lowest BCUT2D eigenvalue weighted by Crippen LogP contribution is -2.34. The van der Waals surface area contributed by atoms with E-state index in [-0.39, 0.29) is 10.8 Å². The van der Waals surface area contributed by atoms with Crippen molar-refractivity contribution in [2.45, 2.75) is 71.6 Å². The van der Waals surface area contributed by atoms with Crippen LogP contribution in [0.3, 0.4) is 0 Å². The van der Waals surface area contributed by atoms with Gasteiger partial charge < -0.3 is 4.52 Å². The van der Waals surface area contributed by atoms with Gasteiger partial charge in [-0.3, -0.25) is 0 Å². The van der Waals surface area contributed by atoms with Gasteiger partial charge in [0.1, 0.15) is 0 Å². The van der Waals surface area contributed by atoms with Crippen LogP contribution in [-0.4, -0.2) is 5.16 Å². The van der Waals surface area contributed by atoms with Gasteiger partial charge >= 0.3 is 0 Å². The van der Waals surface area contributed by atoms with Crippen LogP contribution in [0.1, 0.15) is 81.9 Å². The zero-order valence-corrected chi connectivity index (χ0v) is 15.9. The molecule has 0 amide bonds. The number of hydrogen-bond donors (Lipinski definition) is 0. The molecule has 0 unspecified atom stereocenters. The second kappa shape index (κ2) is 5.91. The molecule has 3 rings (SSSR count). The van der Waals surface area contributed by atoms with E-state index < -0.39 is 0 Å². The van der Waals surface area contributed by atoms with Gasteiger partial charge in [0.25, 0.3) is 0 Å². The Balaban J connectivity index is 2.17. The van der Waals surface area contributed by atoms with Crippen molar-refractivity contribution in [3.05, 3.63) is 52.4 Å². The molecule has 128 valence electrons.